The molecule has 1 aliphatic heterocycles. The highest BCUT2D eigenvalue weighted by Gasteiger charge is 2.29. The van der Waals surface area contributed by atoms with E-state index in [9.17, 15) is 13.2 Å². The second-order valence-electron chi connectivity index (χ2n) is 6.96. The van der Waals surface area contributed by atoms with Crippen LogP contribution in [-0.4, -0.2) is 56.3 Å². The van der Waals surface area contributed by atoms with Gasteiger partial charge in [0.15, 0.2) is 0 Å². The predicted molar refractivity (Wildman–Crippen MR) is 113 cm³/mol. The Balaban J connectivity index is 1.42. The number of hydrogen-bond donors (Lipinski definition) is 0. The Morgan fingerprint density at radius 2 is 1.76 bits per heavy atom. The number of nitrogens with zero attached hydrogens (tertiary/aromatic N) is 2. The molecule has 0 bridgehead atoms. The number of ether oxygens (including phenoxy) is 1. The summed E-state index contributed by atoms with van der Waals surface area (Å²) in [6.45, 7) is 3.78. The summed E-state index contributed by atoms with van der Waals surface area (Å²) in [7, 11) is -3.50. The van der Waals surface area contributed by atoms with Gasteiger partial charge in [0.2, 0.25) is 15.9 Å². The average Bonchev–Trinajstić information content (AvgIpc) is 2.74. The van der Waals surface area contributed by atoms with Gasteiger partial charge < -0.3 is 9.64 Å². The average molecular weight is 437 g/mol. The molecule has 0 aliphatic carbocycles. The van der Waals surface area contributed by atoms with E-state index in [4.69, 9.17) is 16.3 Å². The number of carbonyl (C=O) groups excluding carboxylic acids is 1. The molecule has 1 fully saturated rings. The maximum Gasteiger partial charge on any atom is 0.243 e. The molecule has 6 nitrogen and oxygen atoms in total. The lowest BCUT2D eigenvalue weighted by molar-refractivity contribution is -0.132. The van der Waals surface area contributed by atoms with Gasteiger partial charge in [-0.1, -0.05) is 29.8 Å². The summed E-state index contributed by atoms with van der Waals surface area (Å²) >= 11 is 6.00. The molecule has 1 aliphatic rings. The molecule has 2 aromatic rings. The third-order valence-corrected chi connectivity index (χ3v) is 7.24. The Hall–Kier alpha value is -2.09. The van der Waals surface area contributed by atoms with E-state index in [0.717, 1.165) is 11.3 Å². The van der Waals surface area contributed by atoms with Crippen LogP contribution in [0.2, 0.25) is 5.02 Å². The quantitative estimate of drug-likeness (QED) is 0.624. The van der Waals surface area contributed by atoms with Crippen LogP contribution < -0.4 is 4.74 Å². The van der Waals surface area contributed by atoms with E-state index in [-0.39, 0.29) is 10.8 Å². The second-order valence-corrected chi connectivity index (χ2v) is 9.31. The summed E-state index contributed by atoms with van der Waals surface area (Å²) in [5.41, 5.74) is 0.948. The molecular weight excluding hydrogens is 412 g/mol. The second kappa shape index (κ2) is 9.61. The van der Waals surface area contributed by atoms with Crippen molar-refractivity contribution in [1.82, 2.24) is 9.21 Å². The minimum Gasteiger partial charge on any atom is -0.494 e. The van der Waals surface area contributed by atoms with Crippen LogP contribution in [0.15, 0.2) is 53.4 Å². The summed E-state index contributed by atoms with van der Waals surface area (Å²) in [6.07, 6.45) is 0.973. The van der Waals surface area contributed by atoms with Gasteiger partial charge in [-0.15, -0.1) is 0 Å². The number of sulfonamides is 1. The lowest BCUT2D eigenvalue weighted by Gasteiger charge is -2.34. The fraction of sp³-hybridized carbons (Fsp3) is 0.381. The molecule has 1 saturated heterocycles. The number of rotatable bonds is 7. The monoisotopic (exact) mass is 436 g/mol. The van der Waals surface area contributed by atoms with Gasteiger partial charge in [-0.3, -0.25) is 4.79 Å². The first-order valence-electron chi connectivity index (χ1n) is 9.60. The van der Waals surface area contributed by atoms with Crippen LogP contribution in [0.4, 0.5) is 0 Å². The maximum atomic E-state index is 12.7. The van der Waals surface area contributed by atoms with E-state index in [1.807, 2.05) is 19.1 Å². The van der Waals surface area contributed by atoms with Gasteiger partial charge in [0.05, 0.1) is 11.5 Å². The van der Waals surface area contributed by atoms with E-state index < -0.39 is 10.0 Å². The number of amides is 1. The molecule has 3 rings (SSSR count). The van der Waals surface area contributed by atoms with Gasteiger partial charge >= 0.3 is 0 Å². The van der Waals surface area contributed by atoms with Gasteiger partial charge in [-0.25, -0.2) is 8.42 Å². The number of aryl methyl sites for hydroxylation is 1. The van der Waals surface area contributed by atoms with Crippen LogP contribution in [0.25, 0.3) is 0 Å². The number of halogens is 1. The van der Waals surface area contributed by atoms with Crippen LogP contribution in [0.1, 0.15) is 18.4 Å². The Kier molecular flexibility index (Phi) is 7.16. The summed E-state index contributed by atoms with van der Waals surface area (Å²) < 4.78 is 32.4. The van der Waals surface area contributed by atoms with Crippen molar-refractivity contribution in [3.05, 3.63) is 59.1 Å². The Bertz CT molecular complexity index is 942. The van der Waals surface area contributed by atoms with E-state index in [2.05, 4.69) is 0 Å². The third kappa shape index (κ3) is 5.50. The fourth-order valence-electron chi connectivity index (χ4n) is 3.20. The largest absolute Gasteiger partial charge is 0.494 e. The third-order valence-electron chi connectivity index (χ3n) is 4.91. The minimum absolute atomic E-state index is 0.0256. The van der Waals surface area contributed by atoms with Crippen molar-refractivity contribution in [2.75, 3.05) is 32.8 Å². The van der Waals surface area contributed by atoms with Crippen LogP contribution in [0, 0.1) is 6.92 Å². The van der Waals surface area contributed by atoms with Crippen molar-refractivity contribution in [3.63, 3.8) is 0 Å². The normalized spacial score (nSPS) is 15.3. The Morgan fingerprint density at radius 3 is 2.41 bits per heavy atom. The molecule has 29 heavy (non-hydrogen) atoms. The molecule has 1 amide bonds. The molecule has 0 spiro atoms. The van der Waals surface area contributed by atoms with Gasteiger partial charge in [-0.2, -0.15) is 4.31 Å². The van der Waals surface area contributed by atoms with Crippen molar-refractivity contribution in [2.24, 2.45) is 0 Å². The van der Waals surface area contributed by atoms with Gasteiger partial charge in [0.1, 0.15) is 5.75 Å². The molecule has 0 unspecified atom stereocenters. The Labute approximate surface area is 177 Å². The number of hydrogen-bond acceptors (Lipinski definition) is 4. The molecule has 8 heteroatoms. The summed E-state index contributed by atoms with van der Waals surface area (Å²) in [4.78, 5) is 14.4. The SMILES string of the molecule is Cc1cc(OCCCC(=O)N2CCN(S(=O)(=O)c3ccccc3)CC2)ccc1Cl. The summed E-state index contributed by atoms with van der Waals surface area (Å²) in [6, 6.07) is 13.9. The predicted octanol–water partition coefficient (Wildman–Crippen LogP) is 3.34. The molecule has 2 aromatic carbocycles. The smallest absolute Gasteiger partial charge is 0.243 e. The van der Waals surface area contributed by atoms with E-state index in [1.54, 1.807) is 41.3 Å². The first-order valence-corrected chi connectivity index (χ1v) is 11.4. The molecular formula is C21H25ClN2O4S. The zero-order valence-corrected chi connectivity index (χ0v) is 18.0. The van der Waals surface area contributed by atoms with Gasteiger partial charge in [0, 0.05) is 37.6 Å². The lowest BCUT2D eigenvalue weighted by atomic mass is 10.2. The zero-order chi connectivity index (χ0) is 20.9. The first-order chi connectivity index (χ1) is 13.9. The molecule has 1 heterocycles. The van der Waals surface area contributed by atoms with Crippen LogP contribution in [0.3, 0.4) is 0 Å². The molecule has 0 N–H and O–H groups in total. The topological polar surface area (TPSA) is 66.9 Å². The van der Waals surface area contributed by atoms with Gasteiger partial charge in [0.25, 0.3) is 0 Å². The molecule has 0 atom stereocenters. The molecule has 0 radical (unpaired) electrons. The zero-order valence-electron chi connectivity index (χ0n) is 16.4. The highest BCUT2D eigenvalue weighted by Crippen LogP contribution is 2.21. The highest BCUT2D eigenvalue weighted by molar-refractivity contribution is 7.89. The minimum atomic E-state index is -3.50. The van der Waals surface area contributed by atoms with Crippen LogP contribution >= 0.6 is 11.6 Å². The first kappa shape index (κ1) is 21.6. The van der Waals surface area contributed by atoms with Gasteiger partial charge in [-0.05, 0) is 49.2 Å². The molecule has 0 aromatic heterocycles. The highest BCUT2D eigenvalue weighted by atomic mass is 35.5. The van der Waals surface area contributed by atoms with E-state index in [1.165, 1.54) is 4.31 Å². The van der Waals surface area contributed by atoms with Crippen molar-refractivity contribution in [3.8, 4) is 5.75 Å². The number of piperazine rings is 1. The van der Waals surface area contributed by atoms with E-state index >= 15 is 0 Å². The maximum absolute atomic E-state index is 12.7. The van der Waals surface area contributed by atoms with Crippen molar-refractivity contribution in [2.45, 2.75) is 24.7 Å². The molecule has 0 saturated carbocycles. The van der Waals surface area contributed by atoms with Crippen molar-refractivity contribution < 1.29 is 17.9 Å². The fourth-order valence-corrected chi connectivity index (χ4v) is 4.76. The summed E-state index contributed by atoms with van der Waals surface area (Å²) in [5.74, 6) is 0.761. The molecule has 156 valence electrons. The van der Waals surface area contributed by atoms with Crippen molar-refractivity contribution in [1.29, 1.82) is 0 Å². The van der Waals surface area contributed by atoms with Crippen LogP contribution in [0.5, 0.6) is 5.75 Å². The Morgan fingerprint density at radius 1 is 1.07 bits per heavy atom. The summed E-state index contributed by atoms with van der Waals surface area (Å²) in [5, 5.41) is 0.695. The standard InChI is InChI=1S/C21H25ClN2O4S/c1-17-16-18(9-10-20(17)22)28-15-5-8-21(25)23-11-13-24(14-12-23)29(26,27)19-6-3-2-4-7-19/h2-4,6-7,9-10,16H,5,8,11-15H2,1H3. The van der Waals surface area contributed by atoms with Crippen LogP contribution in [-0.2, 0) is 14.8 Å². The van der Waals surface area contributed by atoms with E-state index in [0.29, 0.717) is 50.7 Å². The number of benzene rings is 2. The van der Waals surface area contributed by atoms with Crippen molar-refractivity contribution >= 4 is 27.5 Å². The lowest BCUT2D eigenvalue weighted by Crippen LogP contribution is -2.50. The number of carbonyl (C=O) groups is 1.